The number of nitrogens with two attached hydrogens (primary N) is 1. The molecular formula is C13H16BrClN4. The van der Waals surface area contributed by atoms with Crippen molar-refractivity contribution in [2.45, 2.75) is 32.4 Å². The summed E-state index contributed by atoms with van der Waals surface area (Å²) in [6.45, 7) is 4.14. The Hall–Kier alpha value is -0.910. The van der Waals surface area contributed by atoms with E-state index in [0.29, 0.717) is 11.4 Å². The van der Waals surface area contributed by atoms with Gasteiger partial charge in [0.25, 0.3) is 0 Å². The molecule has 0 saturated carbocycles. The smallest absolute Gasteiger partial charge is 0.138 e. The van der Waals surface area contributed by atoms with Gasteiger partial charge in [-0.3, -0.25) is 0 Å². The fourth-order valence-electron chi connectivity index (χ4n) is 1.91. The molecule has 0 radical (unpaired) electrons. The second kappa shape index (κ2) is 6.03. The third kappa shape index (κ3) is 3.35. The van der Waals surface area contributed by atoms with E-state index in [1.54, 1.807) is 6.33 Å². The van der Waals surface area contributed by atoms with Crippen molar-refractivity contribution in [3.8, 4) is 0 Å². The zero-order chi connectivity index (χ0) is 14.0. The van der Waals surface area contributed by atoms with Gasteiger partial charge >= 0.3 is 0 Å². The van der Waals surface area contributed by atoms with Gasteiger partial charge in [-0.15, -0.1) is 0 Å². The summed E-state index contributed by atoms with van der Waals surface area (Å²) in [6.07, 6.45) is 2.20. The van der Waals surface area contributed by atoms with Gasteiger partial charge in [0.1, 0.15) is 12.2 Å². The first-order valence-electron chi connectivity index (χ1n) is 6.08. The predicted molar refractivity (Wildman–Crippen MR) is 80.2 cm³/mol. The molecule has 1 atom stereocenters. The Labute approximate surface area is 126 Å². The number of rotatable bonds is 4. The summed E-state index contributed by atoms with van der Waals surface area (Å²) >= 11 is 9.46. The van der Waals surface area contributed by atoms with Crippen molar-refractivity contribution in [2.24, 2.45) is 5.73 Å². The lowest BCUT2D eigenvalue weighted by molar-refractivity contribution is 0.493. The zero-order valence-corrected chi connectivity index (χ0v) is 13.2. The minimum Gasteiger partial charge on any atom is -0.324 e. The van der Waals surface area contributed by atoms with E-state index in [1.807, 2.05) is 22.9 Å². The van der Waals surface area contributed by atoms with Gasteiger partial charge in [-0.05, 0) is 47.5 Å². The largest absolute Gasteiger partial charge is 0.324 e. The van der Waals surface area contributed by atoms with Crippen LogP contribution < -0.4 is 5.73 Å². The van der Waals surface area contributed by atoms with Crippen LogP contribution in [0.2, 0.25) is 5.02 Å². The van der Waals surface area contributed by atoms with Gasteiger partial charge < -0.3 is 5.73 Å². The highest BCUT2D eigenvalue weighted by molar-refractivity contribution is 9.10. The molecule has 2 rings (SSSR count). The van der Waals surface area contributed by atoms with E-state index in [-0.39, 0.29) is 12.1 Å². The van der Waals surface area contributed by atoms with Crippen molar-refractivity contribution in [2.75, 3.05) is 0 Å². The Morgan fingerprint density at radius 2 is 2.16 bits per heavy atom. The third-order valence-electron chi connectivity index (χ3n) is 2.91. The average Bonchev–Trinajstić information content (AvgIpc) is 2.80. The van der Waals surface area contributed by atoms with Gasteiger partial charge in [-0.2, -0.15) is 5.10 Å². The summed E-state index contributed by atoms with van der Waals surface area (Å²) in [5.74, 6) is 0.890. The lowest BCUT2D eigenvalue weighted by Crippen LogP contribution is -2.18. The maximum Gasteiger partial charge on any atom is 0.138 e. The Bertz CT molecular complexity index is 568. The van der Waals surface area contributed by atoms with Crippen LogP contribution in [0.15, 0.2) is 29.0 Å². The van der Waals surface area contributed by atoms with Crippen LogP contribution in [0.4, 0.5) is 0 Å². The van der Waals surface area contributed by atoms with Gasteiger partial charge in [0.2, 0.25) is 0 Å². The van der Waals surface area contributed by atoms with Crippen molar-refractivity contribution < 1.29 is 0 Å². The van der Waals surface area contributed by atoms with E-state index < -0.39 is 0 Å². The second-order valence-corrected chi connectivity index (χ2v) is 5.96. The number of hydrogen-bond acceptors (Lipinski definition) is 3. The van der Waals surface area contributed by atoms with Crippen LogP contribution in [-0.4, -0.2) is 14.8 Å². The number of halogens is 2. The molecule has 1 aromatic carbocycles. The van der Waals surface area contributed by atoms with E-state index in [9.17, 15) is 0 Å². The highest BCUT2D eigenvalue weighted by atomic mass is 79.9. The first-order chi connectivity index (χ1) is 8.99. The van der Waals surface area contributed by atoms with Crippen molar-refractivity contribution >= 4 is 27.5 Å². The Morgan fingerprint density at radius 3 is 2.79 bits per heavy atom. The molecule has 0 aliphatic carbocycles. The lowest BCUT2D eigenvalue weighted by atomic mass is 10.0. The molecule has 1 heterocycles. The molecule has 1 aromatic heterocycles. The van der Waals surface area contributed by atoms with Crippen LogP contribution in [0, 0.1) is 0 Å². The summed E-state index contributed by atoms with van der Waals surface area (Å²) in [7, 11) is 0. The minimum atomic E-state index is -0.146. The summed E-state index contributed by atoms with van der Waals surface area (Å²) < 4.78 is 2.76. The molecule has 0 fully saturated rings. The first kappa shape index (κ1) is 14.5. The summed E-state index contributed by atoms with van der Waals surface area (Å²) in [4.78, 5) is 4.27. The fraction of sp³-hybridized carbons (Fsp3) is 0.385. The van der Waals surface area contributed by atoms with E-state index >= 15 is 0 Å². The average molecular weight is 344 g/mol. The quantitative estimate of drug-likeness (QED) is 0.924. The first-order valence-corrected chi connectivity index (χ1v) is 7.25. The summed E-state index contributed by atoms with van der Waals surface area (Å²) in [6, 6.07) is 5.89. The molecule has 6 heteroatoms. The third-order valence-corrected chi connectivity index (χ3v) is 4.14. The normalized spacial score (nSPS) is 12.9. The molecule has 19 heavy (non-hydrogen) atoms. The minimum absolute atomic E-state index is 0.146. The van der Waals surface area contributed by atoms with Crippen LogP contribution in [-0.2, 0) is 6.42 Å². The molecule has 0 saturated heterocycles. The van der Waals surface area contributed by atoms with E-state index in [4.69, 9.17) is 17.3 Å². The van der Waals surface area contributed by atoms with E-state index in [2.05, 4.69) is 39.9 Å². The topological polar surface area (TPSA) is 56.7 Å². The van der Waals surface area contributed by atoms with E-state index in [0.717, 1.165) is 15.9 Å². The standard InChI is InChI=1S/C13H16BrClN4/c1-8(2)19-13(17-7-18-19)6-12(16)9-3-4-10(14)11(15)5-9/h3-5,7-8,12H,6,16H2,1-2H3. The van der Waals surface area contributed by atoms with Crippen molar-refractivity contribution in [1.82, 2.24) is 14.8 Å². The molecule has 0 aliphatic heterocycles. The Balaban J connectivity index is 2.18. The Morgan fingerprint density at radius 1 is 1.42 bits per heavy atom. The molecule has 102 valence electrons. The lowest BCUT2D eigenvalue weighted by Gasteiger charge is -2.15. The molecule has 0 spiro atoms. The molecular weight excluding hydrogens is 328 g/mol. The van der Waals surface area contributed by atoms with Crippen LogP contribution >= 0.6 is 27.5 Å². The molecule has 4 nitrogen and oxygen atoms in total. The maximum atomic E-state index is 6.22. The number of aromatic nitrogens is 3. The maximum absolute atomic E-state index is 6.22. The van der Waals surface area contributed by atoms with Gasteiger partial charge in [0.05, 0.1) is 5.02 Å². The molecule has 1 unspecified atom stereocenters. The van der Waals surface area contributed by atoms with Gasteiger partial charge in [0.15, 0.2) is 0 Å². The van der Waals surface area contributed by atoms with Crippen LogP contribution in [0.1, 0.15) is 37.3 Å². The number of benzene rings is 1. The SMILES string of the molecule is CC(C)n1ncnc1CC(N)c1ccc(Br)c(Cl)c1. The Kier molecular flexibility index (Phi) is 4.60. The predicted octanol–water partition coefficient (Wildman–Crippen LogP) is 3.52. The highest BCUT2D eigenvalue weighted by Crippen LogP contribution is 2.26. The van der Waals surface area contributed by atoms with Crippen LogP contribution in [0.3, 0.4) is 0 Å². The highest BCUT2D eigenvalue weighted by Gasteiger charge is 2.14. The monoisotopic (exact) mass is 342 g/mol. The van der Waals surface area contributed by atoms with Crippen molar-refractivity contribution in [3.63, 3.8) is 0 Å². The number of nitrogens with zero attached hydrogens (tertiary/aromatic N) is 3. The molecule has 2 aromatic rings. The van der Waals surface area contributed by atoms with Gasteiger partial charge in [-0.25, -0.2) is 9.67 Å². The van der Waals surface area contributed by atoms with Crippen LogP contribution in [0.5, 0.6) is 0 Å². The molecule has 0 bridgehead atoms. The van der Waals surface area contributed by atoms with Crippen molar-refractivity contribution in [3.05, 3.63) is 45.4 Å². The molecule has 2 N–H and O–H groups in total. The molecule has 0 aliphatic rings. The second-order valence-electron chi connectivity index (χ2n) is 4.70. The van der Waals surface area contributed by atoms with Crippen molar-refractivity contribution in [1.29, 1.82) is 0 Å². The zero-order valence-electron chi connectivity index (χ0n) is 10.8. The summed E-state index contributed by atoms with van der Waals surface area (Å²) in [5.41, 5.74) is 7.21. The number of hydrogen-bond donors (Lipinski definition) is 1. The summed E-state index contributed by atoms with van der Waals surface area (Å²) in [5, 5.41) is 4.88. The van der Waals surface area contributed by atoms with Gasteiger partial charge in [0, 0.05) is 23.0 Å². The van der Waals surface area contributed by atoms with Crippen LogP contribution in [0.25, 0.3) is 0 Å². The fourth-order valence-corrected chi connectivity index (χ4v) is 2.34. The molecule has 0 amide bonds. The van der Waals surface area contributed by atoms with Gasteiger partial charge in [-0.1, -0.05) is 17.7 Å². The van der Waals surface area contributed by atoms with E-state index in [1.165, 1.54) is 0 Å².